The molecule has 1 aromatic heterocycles. The number of fused-ring (bicyclic) bond motifs is 5. The smallest absolute Gasteiger partial charge is 0.229 e. The lowest BCUT2D eigenvalue weighted by Crippen LogP contribution is -2.51. The topological polar surface area (TPSA) is 72.9 Å². The maximum atomic E-state index is 14.2. The van der Waals surface area contributed by atoms with Gasteiger partial charge >= 0.3 is 0 Å². The maximum absolute atomic E-state index is 14.2. The minimum absolute atomic E-state index is 0.0111. The van der Waals surface area contributed by atoms with Crippen LogP contribution in [0.1, 0.15) is 72.1 Å². The lowest BCUT2D eigenvalue weighted by molar-refractivity contribution is -0.129. The molecule has 3 aliphatic heterocycles. The Bertz CT molecular complexity index is 1450. The lowest BCUT2D eigenvalue weighted by Gasteiger charge is -2.52. The molecule has 46 heavy (non-hydrogen) atoms. The first-order chi connectivity index (χ1) is 22.2. The number of hydrogen-bond acceptors (Lipinski definition) is 8. The van der Waals surface area contributed by atoms with Crippen LogP contribution in [-0.2, 0) is 9.59 Å². The minimum Gasteiger partial charge on any atom is -0.356 e. The van der Waals surface area contributed by atoms with Crippen LogP contribution in [0.15, 0.2) is 41.5 Å². The monoisotopic (exact) mass is 624 g/mol. The molecule has 5 unspecified atom stereocenters. The van der Waals surface area contributed by atoms with Crippen LogP contribution in [0, 0.1) is 34.5 Å². The van der Waals surface area contributed by atoms with Crippen LogP contribution < -0.4 is 14.7 Å². The Morgan fingerprint density at radius 1 is 0.913 bits per heavy atom. The molecule has 5 fully saturated rings. The number of piperazine rings is 1. The van der Waals surface area contributed by atoms with Gasteiger partial charge in [-0.15, -0.1) is 0 Å². The molecule has 0 spiro atoms. The lowest BCUT2D eigenvalue weighted by atomic mass is 9.52. The quantitative estimate of drug-likeness (QED) is 0.387. The van der Waals surface area contributed by atoms with Crippen molar-refractivity contribution in [2.24, 2.45) is 34.5 Å². The third-order valence-electron chi connectivity index (χ3n) is 13.2. The molecule has 8 nitrogen and oxygen atoms in total. The van der Waals surface area contributed by atoms with E-state index in [1.807, 2.05) is 6.08 Å². The van der Waals surface area contributed by atoms with Crippen LogP contribution in [0.2, 0.25) is 0 Å². The van der Waals surface area contributed by atoms with Crippen LogP contribution in [0.3, 0.4) is 0 Å². The Hall–Kier alpha value is -3.00. The van der Waals surface area contributed by atoms with Gasteiger partial charge in [-0.3, -0.25) is 14.5 Å². The second-order valence-corrected chi connectivity index (χ2v) is 15.9. The summed E-state index contributed by atoms with van der Waals surface area (Å²) in [6.45, 7) is 15.4. The molecular weight excluding hydrogens is 572 g/mol. The molecule has 4 heterocycles. The highest BCUT2D eigenvalue weighted by molar-refractivity contribution is 6.01. The molecule has 1 aromatic rings. The van der Waals surface area contributed by atoms with Crippen LogP contribution in [-0.4, -0.2) is 85.3 Å². The molecule has 6 atom stereocenters. The van der Waals surface area contributed by atoms with E-state index in [-0.39, 0.29) is 22.5 Å². The molecular formula is C38H52N6O2. The van der Waals surface area contributed by atoms with Gasteiger partial charge in [0.25, 0.3) is 0 Å². The summed E-state index contributed by atoms with van der Waals surface area (Å²) >= 11 is 0. The third kappa shape index (κ3) is 5.05. The number of aromatic nitrogens is 2. The van der Waals surface area contributed by atoms with Crippen molar-refractivity contribution >= 4 is 29.2 Å². The van der Waals surface area contributed by atoms with E-state index in [4.69, 9.17) is 9.97 Å². The standard InChI is InChI=1S/C38H52N6O2/c1-26-22-31-29-9-8-27-23-28(45)10-12-37(27,2)30(29)11-13-38(31,3)35(26)32(46)25-41-18-20-43(21-19-41)34-24-33(42-14-4-5-15-42)39-36(40-34)44-16-6-7-17-44/h10-12,23-24,26,29,31,35H,4-9,13-22,25H2,1-3H3/t26-,29?,31?,35?,37?,38?/m1/s1. The highest BCUT2D eigenvalue weighted by Crippen LogP contribution is 2.65. The zero-order chi connectivity index (χ0) is 31.6. The summed E-state index contributed by atoms with van der Waals surface area (Å²) in [6.07, 6.45) is 17.4. The summed E-state index contributed by atoms with van der Waals surface area (Å²) in [5.41, 5.74) is 2.68. The fraction of sp³-hybridized carbons (Fsp3) is 0.684. The maximum Gasteiger partial charge on any atom is 0.229 e. The van der Waals surface area contributed by atoms with Crippen molar-refractivity contribution in [2.45, 2.75) is 72.1 Å². The van der Waals surface area contributed by atoms with E-state index in [0.29, 0.717) is 30.1 Å². The molecule has 2 saturated carbocycles. The van der Waals surface area contributed by atoms with Gasteiger partial charge in [0.1, 0.15) is 11.6 Å². The van der Waals surface area contributed by atoms with Crippen molar-refractivity contribution in [1.82, 2.24) is 14.9 Å². The molecule has 3 saturated heterocycles. The van der Waals surface area contributed by atoms with E-state index >= 15 is 0 Å². The average molecular weight is 625 g/mol. The first-order valence-electron chi connectivity index (χ1n) is 18.3. The normalized spacial score (nSPS) is 36.0. The van der Waals surface area contributed by atoms with Gasteiger partial charge in [0.2, 0.25) is 5.95 Å². The number of ketones is 2. The van der Waals surface area contributed by atoms with Crippen molar-refractivity contribution in [3.05, 3.63) is 41.5 Å². The Balaban J connectivity index is 0.947. The summed E-state index contributed by atoms with van der Waals surface area (Å²) in [4.78, 5) is 46.1. The Morgan fingerprint density at radius 3 is 2.26 bits per heavy atom. The van der Waals surface area contributed by atoms with Gasteiger partial charge in [-0.05, 0) is 93.6 Å². The van der Waals surface area contributed by atoms with Gasteiger partial charge in [0, 0.05) is 69.8 Å². The first-order valence-corrected chi connectivity index (χ1v) is 18.3. The predicted octanol–water partition coefficient (Wildman–Crippen LogP) is 5.46. The van der Waals surface area contributed by atoms with Gasteiger partial charge in [-0.25, -0.2) is 0 Å². The van der Waals surface area contributed by atoms with E-state index in [1.165, 1.54) is 36.8 Å². The number of allylic oxidation sites excluding steroid dienone is 6. The molecule has 0 amide bonds. The molecule has 246 valence electrons. The van der Waals surface area contributed by atoms with Crippen molar-refractivity contribution in [2.75, 3.05) is 73.6 Å². The molecule has 7 aliphatic rings. The van der Waals surface area contributed by atoms with Crippen molar-refractivity contribution in [3.63, 3.8) is 0 Å². The van der Waals surface area contributed by atoms with E-state index in [0.717, 1.165) is 95.6 Å². The van der Waals surface area contributed by atoms with Crippen LogP contribution >= 0.6 is 0 Å². The highest BCUT2D eigenvalue weighted by atomic mass is 16.1. The zero-order valence-electron chi connectivity index (χ0n) is 28.2. The van der Waals surface area contributed by atoms with E-state index < -0.39 is 0 Å². The number of rotatable bonds is 6. The molecule has 0 radical (unpaired) electrons. The van der Waals surface area contributed by atoms with E-state index in [9.17, 15) is 9.59 Å². The van der Waals surface area contributed by atoms with Crippen LogP contribution in [0.5, 0.6) is 0 Å². The Kier molecular flexibility index (Phi) is 7.65. The Labute approximate surface area is 275 Å². The van der Waals surface area contributed by atoms with Crippen molar-refractivity contribution < 1.29 is 9.59 Å². The van der Waals surface area contributed by atoms with E-state index in [2.05, 4.69) is 58.6 Å². The highest BCUT2D eigenvalue weighted by Gasteiger charge is 2.59. The first kappa shape index (κ1) is 30.3. The van der Waals surface area contributed by atoms with Gasteiger partial charge in [-0.2, -0.15) is 9.97 Å². The fourth-order valence-electron chi connectivity index (χ4n) is 10.8. The molecule has 0 bridgehead atoms. The largest absolute Gasteiger partial charge is 0.356 e. The second kappa shape index (κ2) is 11.6. The molecule has 4 aliphatic carbocycles. The number of nitrogens with zero attached hydrogens (tertiary/aromatic N) is 6. The number of anilines is 3. The Morgan fingerprint density at radius 2 is 1.57 bits per heavy atom. The SMILES string of the molecule is C[C@@H]1CC2C3CCC4=CC(=O)C=CC4(C)C3=CCC2(C)C1C(=O)CN1CCN(c2cc(N3CCCC3)nc(N3CCCC3)n2)CC1. The zero-order valence-corrected chi connectivity index (χ0v) is 28.2. The minimum atomic E-state index is -0.128. The summed E-state index contributed by atoms with van der Waals surface area (Å²) in [5, 5.41) is 0. The third-order valence-corrected chi connectivity index (χ3v) is 13.2. The van der Waals surface area contributed by atoms with E-state index in [1.54, 1.807) is 6.08 Å². The number of Topliss-reactive ketones (excluding diaryl/α,β-unsaturated/α-hetero) is 1. The predicted molar refractivity (Wildman–Crippen MR) is 183 cm³/mol. The summed E-state index contributed by atoms with van der Waals surface area (Å²) in [7, 11) is 0. The average Bonchev–Trinajstić information content (AvgIpc) is 3.83. The number of hydrogen-bond donors (Lipinski definition) is 0. The molecule has 0 aromatic carbocycles. The number of carbonyl (C=O) groups is 2. The van der Waals surface area contributed by atoms with Crippen LogP contribution in [0.4, 0.5) is 17.6 Å². The second-order valence-electron chi connectivity index (χ2n) is 15.9. The van der Waals surface area contributed by atoms with Gasteiger partial charge < -0.3 is 14.7 Å². The van der Waals surface area contributed by atoms with Crippen molar-refractivity contribution in [1.29, 1.82) is 0 Å². The van der Waals surface area contributed by atoms with Crippen molar-refractivity contribution in [3.8, 4) is 0 Å². The van der Waals surface area contributed by atoms with Gasteiger partial charge in [0.05, 0.1) is 6.54 Å². The summed E-state index contributed by atoms with van der Waals surface area (Å²) < 4.78 is 0. The van der Waals surface area contributed by atoms with Gasteiger partial charge in [0.15, 0.2) is 11.6 Å². The molecule has 8 heteroatoms. The fourth-order valence-corrected chi connectivity index (χ4v) is 10.8. The summed E-state index contributed by atoms with van der Waals surface area (Å²) in [6, 6.07) is 2.21. The molecule has 0 N–H and O–H groups in total. The number of carbonyl (C=O) groups excluding carboxylic acids is 2. The van der Waals surface area contributed by atoms with Gasteiger partial charge in [-0.1, -0.05) is 37.1 Å². The molecule has 8 rings (SSSR count). The van der Waals surface area contributed by atoms with Crippen LogP contribution in [0.25, 0.3) is 0 Å². The summed E-state index contributed by atoms with van der Waals surface area (Å²) in [5.74, 6) is 5.14.